The second-order valence-electron chi connectivity index (χ2n) is 11.5. The molecule has 0 spiro atoms. The van der Waals surface area contributed by atoms with Crippen LogP contribution in [0.15, 0.2) is 53.0 Å². The van der Waals surface area contributed by atoms with Crippen molar-refractivity contribution in [3.8, 4) is 22.6 Å². The molecular formula is C31H35N3O8. The predicted octanol–water partition coefficient (Wildman–Crippen LogP) is 2.25. The highest BCUT2D eigenvalue weighted by Gasteiger charge is 2.63. The third kappa shape index (κ3) is 4.06. The fourth-order valence-electron chi connectivity index (χ4n) is 6.84. The van der Waals surface area contributed by atoms with Crippen molar-refractivity contribution in [3.05, 3.63) is 64.1 Å². The monoisotopic (exact) mass is 577 g/mol. The van der Waals surface area contributed by atoms with Crippen LogP contribution < -0.4 is 15.4 Å². The molecule has 0 fully saturated rings. The van der Waals surface area contributed by atoms with Crippen molar-refractivity contribution < 1.29 is 39.5 Å². The van der Waals surface area contributed by atoms with Gasteiger partial charge >= 0.3 is 0 Å². The highest BCUT2D eigenvalue weighted by molar-refractivity contribution is 6.25. The normalized spacial score (nSPS) is 25.3. The number of carbonyl (C=O) groups is 3. The van der Waals surface area contributed by atoms with Crippen LogP contribution in [0.4, 0.5) is 5.69 Å². The number of benzene rings is 2. The number of fused-ring (bicyclic) bond motifs is 3. The zero-order valence-electron chi connectivity index (χ0n) is 24.1. The molecule has 0 aliphatic heterocycles. The van der Waals surface area contributed by atoms with Crippen LogP contribution in [-0.4, -0.2) is 89.2 Å². The van der Waals surface area contributed by atoms with Gasteiger partial charge in [0.2, 0.25) is 5.78 Å². The second kappa shape index (κ2) is 10.2. The summed E-state index contributed by atoms with van der Waals surface area (Å²) < 4.78 is 5.62. The molecule has 3 aliphatic rings. The van der Waals surface area contributed by atoms with Gasteiger partial charge in [0.05, 0.1) is 18.2 Å². The number of phenolic OH excluding ortho intramolecular Hbond substituents is 1. The van der Waals surface area contributed by atoms with Crippen molar-refractivity contribution >= 4 is 23.2 Å². The fourth-order valence-corrected chi connectivity index (χ4v) is 6.84. The number of allylic oxidation sites excluding steroid dienone is 1. The average molecular weight is 578 g/mol. The molecule has 1 amide bonds. The Morgan fingerprint density at radius 1 is 1.12 bits per heavy atom. The smallest absolute Gasteiger partial charge is 0.255 e. The van der Waals surface area contributed by atoms with E-state index >= 15 is 0 Å². The summed E-state index contributed by atoms with van der Waals surface area (Å²) in [4.78, 5) is 43.3. The van der Waals surface area contributed by atoms with Gasteiger partial charge in [-0.05, 0) is 69.1 Å². The molecule has 222 valence electrons. The molecule has 0 radical (unpaired) electrons. The molecule has 0 saturated heterocycles. The molecule has 11 nitrogen and oxygen atoms in total. The lowest BCUT2D eigenvalue weighted by Crippen LogP contribution is -2.63. The van der Waals surface area contributed by atoms with Gasteiger partial charge in [-0.15, -0.1) is 0 Å². The number of anilines is 1. The maximum Gasteiger partial charge on any atom is 0.255 e. The Balaban J connectivity index is 1.74. The van der Waals surface area contributed by atoms with Gasteiger partial charge in [0.15, 0.2) is 11.4 Å². The number of ether oxygens (including phenoxy) is 1. The van der Waals surface area contributed by atoms with Crippen LogP contribution in [-0.2, 0) is 16.0 Å². The predicted molar refractivity (Wildman–Crippen MR) is 155 cm³/mol. The van der Waals surface area contributed by atoms with Crippen molar-refractivity contribution in [2.24, 2.45) is 17.6 Å². The van der Waals surface area contributed by atoms with Gasteiger partial charge in [-0.3, -0.25) is 19.3 Å². The highest BCUT2D eigenvalue weighted by atomic mass is 16.5. The summed E-state index contributed by atoms with van der Waals surface area (Å²) in [5.74, 6) is -6.21. The highest BCUT2D eigenvalue weighted by Crippen LogP contribution is 2.54. The molecule has 2 aromatic carbocycles. The van der Waals surface area contributed by atoms with Gasteiger partial charge in [-0.2, -0.15) is 0 Å². The summed E-state index contributed by atoms with van der Waals surface area (Å²) in [5, 5.41) is 45.9. The maximum atomic E-state index is 14.2. The van der Waals surface area contributed by atoms with Crippen LogP contribution in [0.1, 0.15) is 29.3 Å². The Hall–Kier alpha value is -4.35. The maximum absolute atomic E-state index is 14.2. The van der Waals surface area contributed by atoms with E-state index in [0.717, 1.165) is 0 Å². The summed E-state index contributed by atoms with van der Waals surface area (Å²) in [6.07, 6.45) is 0.229. The van der Waals surface area contributed by atoms with Crippen LogP contribution in [0.5, 0.6) is 11.5 Å². The zero-order chi connectivity index (χ0) is 30.8. The lowest BCUT2D eigenvalue weighted by Gasteiger charge is -2.50. The van der Waals surface area contributed by atoms with Crippen molar-refractivity contribution in [2.75, 3.05) is 39.7 Å². The number of hydrogen-bond acceptors (Lipinski definition) is 10. The summed E-state index contributed by atoms with van der Waals surface area (Å²) >= 11 is 0. The number of amides is 1. The molecule has 42 heavy (non-hydrogen) atoms. The minimum Gasteiger partial charge on any atom is -0.510 e. The Morgan fingerprint density at radius 3 is 2.40 bits per heavy atom. The summed E-state index contributed by atoms with van der Waals surface area (Å²) in [6, 6.07) is 7.82. The second-order valence-corrected chi connectivity index (χ2v) is 11.5. The van der Waals surface area contributed by atoms with E-state index in [-0.39, 0.29) is 29.7 Å². The quantitative estimate of drug-likeness (QED) is 0.320. The Bertz CT molecular complexity index is 1590. The zero-order valence-corrected chi connectivity index (χ0v) is 24.1. The number of nitrogens with two attached hydrogens (primary N) is 1. The number of Topliss-reactive ketones (excluding diaryl/α,β-unsaturated/α-hetero) is 2. The lowest BCUT2D eigenvalue weighted by atomic mass is 9.58. The molecule has 0 saturated carbocycles. The molecule has 3 aliphatic carbocycles. The minimum absolute atomic E-state index is 0.0253. The van der Waals surface area contributed by atoms with E-state index in [1.165, 1.54) is 4.90 Å². The number of aliphatic hydroxyl groups excluding tert-OH is 2. The molecule has 5 rings (SSSR count). The van der Waals surface area contributed by atoms with Crippen LogP contribution >= 0.6 is 0 Å². The standard InChI is InChI=1S/C31H35N3O8/c1-6-42-16-9-7-8-14(10-16)17-13-20(33(2)3)18-11-15-12-19-24(34(4)5)27(37)23(30(32)40)29(39)31(19,41)28(38)21(15)26(36)22(18)25(17)35/h7-10,13,15,19,24,35,37-38,41H,6,11-12H2,1-5H3,(H2,32,40)/t15-,19-,24-,31-/m0/s1. The number of nitrogens with zero attached hydrogens (tertiary/aromatic N) is 2. The van der Waals surface area contributed by atoms with Gasteiger partial charge in [0, 0.05) is 36.8 Å². The van der Waals surface area contributed by atoms with Crippen molar-refractivity contribution in [1.82, 2.24) is 4.90 Å². The molecule has 4 atom stereocenters. The first-order valence-electron chi connectivity index (χ1n) is 13.7. The number of likely N-dealkylation sites (N-methyl/N-ethyl adjacent to an activating group) is 1. The molecule has 11 heteroatoms. The van der Waals surface area contributed by atoms with Crippen LogP contribution in [0.25, 0.3) is 11.1 Å². The molecule has 0 heterocycles. The van der Waals surface area contributed by atoms with E-state index in [4.69, 9.17) is 10.5 Å². The van der Waals surface area contributed by atoms with Crippen LogP contribution in [0.3, 0.4) is 0 Å². The first kappa shape index (κ1) is 29.2. The molecule has 0 unspecified atom stereocenters. The lowest BCUT2D eigenvalue weighted by molar-refractivity contribution is -0.148. The fraction of sp³-hybridized carbons (Fsp3) is 0.387. The third-order valence-corrected chi connectivity index (χ3v) is 8.64. The first-order chi connectivity index (χ1) is 19.7. The van der Waals surface area contributed by atoms with Gasteiger partial charge < -0.3 is 35.8 Å². The van der Waals surface area contributed by atoms with Gasteiger partial charge in [-0.25, -0.2) is 0 Å². The van der Waals surface area contributed by atoms with Gasteiger partial charge in [-0.1, -0.05) is 12.1 Å². The Labute approximate surface area is 243 Å². The third-order valence-electron chi connectivity index (χ3n) is 8.64. The number of rotatable bonds is 6. The Kier molecular flexibility index (Phi) is 7.06. The van der Waals surface area contributed by atoms with E-state index < -0.39 is 58.0 Å². The van der Waals surface area contributed by atoms with Crippen LogP contribution in [0.2, 0.25) is 0 Å². The van der Waals surface area contributed by atoms with Crippen molar-refractivity contribution in [3.63, 3.8) is 0 Å². The molecule has 6 N–H and O–H groups in total. The largest absolute Gasteiger partial charge is 0.510 e. The summed E-state index contributed by atoms with van der Waals surface area (Å²) in [6.45, 7) is 2.30. The molecular weight excluding hydrogens is 542 g/mol. The number of carbonyl (C=O) groups excluding carboxylic acids is 3. The minimum atomic E-state index is -2.69. The Morgan fingerprint density at radius 2 is 1.81 bits per heavy atom. The summed E-state index contributed by atoms with van der Waals surface area (Å²) in [7, 11) is 6.82. The molecule has 2 aromatic rings. The van der Waals surface area contributed by atoms with E-state index in [1.807, 2.05) is 25.9 Å². The number of primary amides is 1. The van der Waals surface area contributed by atoms with E-state index in [0.29, 0.717) is 34.7 Å². The van der Waals surface area contributed by atoms with E-state index in [2.05, 4.69) is 0 Å². The molecule has 0 bridgehead atoms. The number of aromatic hydroxyl groups is 1. The number of phenols is 1. The topological polar surface area (TPSA) is 174 Å². The van der Waals surface area contributed by atoms with Crippen LogP contribution in [0, 0.1) is 11.8 Å². The SMILES string of the molecule is CCOc1cccc(-c2cc(N(C)C)c3c(c2O)C(=O)C2=C(O)[C@]4(O)C(=O)C(C(N)=O)=C(O)[C@@H](N(C)C)[C@@H]4C[C@@H]2C3)c1. The van der Waals surface area contributed by atoms with E-state index in [9.17, 15) is 34.8 Å². The molecule has 0 aromatic heterocycles. The number of aliphatic hydroxyl groups is 3. The summed E-state index contributed by atoms with van der Waals surface area (Å²) in [5.41, 5.74) is 3.84. The van der Waals surface area contributed by atoms with Gasteiger partial charge in [0.25, 0.3) is 5.91 Å². The van der Waals surface area contributed by atoms with Gasteiger partial charge in [0.1, 0.15) is 28.6 Å². The number of ketones is 2. The van der Waals surface area contributed by atoms with E-state index in [1.54, 1.807) is 44.4 Å². The number of hydrogen-bond donors (Lipinski definition) is 5. The van der Waals surface area contributed by atoms with Crippen molar-refractivity contribution in [1.29, 1.82) is 0 Å². The first-order valence-corrected chi connectivity index (χ1v) is 13.7. The average Bonchev–Trinajstić information content (AvgIpc) is 2.90. The van der Waals surface area contributed by atoms with Crippen molar-refractivity contribution in [2.45, 2.75) is 31.4 Å².